The molecule has 2 rings (SSSR count). The zero-order valence-corrected chi connectivity index (χ0v) is 12.2. The van der Waals surface area contributed by atoms with Crippen molar-refractivity contribution in [3.8, 4) is 0 Å². The van der Waals surface area contributed by atoms with E-state index in [1.807, 2.05) is 0 Å². The van der Waals surface area contributed by atoms with Crippen LogP contribution in [0.1, 0.15) is 19.8 Å². The van der Waals surface area contributed by atoms with Crippen LogP contribution in [0, 0.1) is 11.4 Å². The number of nitrogens with two attached hydrogens (primary N) is 1. The van der Waals surface area contributed by atoms with Gasteiger partial charge in [0.15, 0.2) is 11.3 Å². The first-order chi connectivity index (χ1) is 8.87. The van der Waals surface area contributed by atoms with E-state index in [1.165, 1.54) is 6.92 Å². The number of aliphatic carboxylic acids is 1. The van der Waals surface area contributed by atoms with E-state index in [4.69, 9.17) is 11.3 Å². The molecule has 19 heavy (non-hydrogen) atoms. The van der Waals surface area contributed by atoms with Crippen molar-refractivity contribution in [2.24, 2.45) is 16.8 Å². The van der Waals surface area contributed by atoms with Crippen LogP contribution in [-0.2, 0) is 9.59 Å². The normalized spacial score (nSPS) is 34.3. The first-order valence-corrected chi connectivity index (χ1v) is 8.03. The fraction of sp³-hybridized carbons (Fsp3) is 0.818. The number of Topliss-reactive ketones (excluding diaryl/α,β-unsaturated/α-hetero) is 1. The van der Waals surface area contributed by atoms with Gasteiger partial charge in [0.05, 0.1) is 16.0 Å². The largest absolute Gasteiger partial charge is 0.481 e. The van der Waals surface area contributed by atoms with Gasteiger partial charge in [-0.3, -0.25) is 9.59 Å². The van der Waals surface area contributed by atoms with E-state index in [9.17, 15) is 14.7 Å². The molecule has 4 N–H and O–H groups in total. The summed E-state index contributed by atoms with van der Waals surface area (Å²) in [4.78, 5) is 23.8. The minimum Gasteiger partial charge on any atom is -0.481 e. The number of hydrogen-bond acceptors (Lipinski definition) is 7. The molecule has 6 nitrogen and oxygen atoms in total. The van der Waals surface area contributed by atoms with Crippen LogP contribution < -0.4 is 5.73 Å². The van der Waals surface area contributed by atoms with Crippen LogP contribution in [0.25, 0.3) is 0 Å². The maximum atomic E-state index is 12.3. The third-order valence-corrected chi connectivity index (χ3v) is 7.24. The molecular formula is C11H17N3O3S2. The van der Waals surface area contributed by atoms with Crippen molar-refractivity contribution in [1.29, 1.82) is 5.53 Å². The summed E-state index contributed by atoms with van der Waals surface area (Å²) in [5, 5.41) is 12.9. The lowest BCUT2D eigenvalue weighted by Crippen LogP contribution is -2.50. The van der Waals surface area contributed by atoms with Crippen molar-refractivity contribution in [2.75, 3.05) is 11.5 Å². The standard InChI is InChI=1S/C11H17N3O3S2/c1-6(12)8(15)11(14-13)5-10(18-2-3-19-10)4-7(11)9(16)17/h6-7,13H,2-5,12H2,1H3,(H,16,17)/t6-,7?,11?/m0/s1. The number of carboxylic acid groups (broad SMARTS) is 1. The third kappa shape index (κ3) is 2.30. The van der Waals surface area contributed by atoms with Crippen molar-refractivity contribution in [2.45, 2.75) is 35.4 Å². The Morgan fingerprint density at radius 2 is 2.05 bits per heavy atom. The Hall–Kier alpha value is -0.600. The van der Waals surface area contributed by atoms with Crippen molar-refractivity contribution in [1.82, 2.24) is 0 Å². The number of carboxylic acids is 1. The van der Waals surface area contributed by atoms with Crippen LogP contribution in [0.2, 0.25) is 0 Å². The molecular weight excluding hydrogens is 286 g/mol. The number of ketones is 1. The molecule has 3 atom stereocenters. The monoisotopic (exact) mass is 303 g/mol. The number of carbonyl (C=O) groups is 2. The van der Waals surface area contributed by atoms with Gasteiger partial charge in [-0.1, -0.05) is 0 Å². The van der Waals surface area contributed by atoms with E-state index >= 15 is 0 Å². The quantitative estimate of drug-likeness (QED) is 0.675. The fourth-order valence-electron chi connectivity index (χ4n) is 2.92. The molecule has 0 bridgehead atoms. The van der Waals surface area contributed by atoms with Crippen LogP contribution in [0.4, 0.5) is 0 Å². The number of nitrogens with zero attached hydrogens (tertiary/aromatic N) is 1. The summed E-state index contributed by atoms with van der Waals surface area (Å²) in [5.74, 6) is -0.550. The fourth-order valence-corrected chi connectivity index (χ4v) is 6.38. The van der Waals surface area contributed by atoms with E-state index in [2.05, 4.69) is 5.11 Å². The van der Waals surface area contributed by atoms with Crippen molar-refractivity contribution in [3.05, 3.63) is 0 Å². The molecule has 0 aromatic heterocycles. The molecule has 0 amide bonds. The minimum atomic E-state index is -1.48. The molecule has 8 heteroatoms. The van der Waals surface area contributed by atoms with Gasteiger partial charge in [0.1, 0.15) is 0 Å². The lowest BCUT2D eigenvalue weighted by Gasteiger charge is -2.28. The number of nitrogens with one attached hydrogen (secondary N) is 1. The highest BCUT2D eigenvalue weighted by Crippen LogP contribution is 2.60. The minimum absolute atomic E-state index is 0.293. The summed E-state index contributed by atoms with van der Waals surface area (Å²) in [6.45, 7) is 1.52. The summed E-state index contributed by atoms with van der Waals surface area (Å²) in [5.41, 5.74) is 11.6. The van der Waals surface area contributed by atoms with Crippen molar-refractivity contribution >= 4 is 35.3 Å². The molecule has 1 aliphatic heterocycles. The average Bonchev–Trinajstić information content (AvgIpc) is 2.94. The Balaban J connectivity index is 2.41. The Morgan fingerprint density at radius 1 is 1.47 bits per heavy atom. The van der Waals surface area contributed by atoms with Crippen LogP contribution in [0.15, 0.2) is 5.11 Å². The highest BCUT2D eigenvalue weighted by Gasteiger charge is 2.63. The van der Waals surface area contributed by atoms with Crippen LogP contribution >= 0.6 is 23.5 Å². The first kappa shape index (κ1) is 14.8. The van der Waals surface area contributed by atoms with E-state index < -0.39 is 29.3 Å². The van der Waals surface area contributed by atoms with Gasteiger partial charge in [0, 0.05) is 17.9 Å². The first-order valence-electron chi connectivity index (χ1n) is 6.06. The zero-order chi connectivity index (χ0) is 14.3. The smallest absolute Gasteiger partial charge is 0.309 e. The number of hydrogen-bond donors (Lipinski definition) is 3. The second-order valence-corrected chi connectivity index (χ2v) is 8.28. The third-order valence-electron chi connectivity index (χ3n) is 3.78. The molecule has 0 radical (unpaired) electrons. The molecule has 2 aliphatic rings. The predicted molar refractivity (Wildman–Crippen MR) is 74.5 cm³/mol. The van der Waals surface area contributed by atoms with Gasteiger partial charge in [0.2, 0.25) is 0 Å². The van der Waals surface area contributed by atoms with E-state index in [-0.39, 0.29) is 4.08 Å². The summed E-state index contributed by atoms with van der Waals surface area (Å²) in [7, 11) is 0. The zero-order valence-electron chi connectivity index (χ0n) is 10.6. The molecule has 106 valence electrons. The average molecular weight is 303 g/mol. The van der Waals surface area contributed by atoms with E-state index in [1.54, 1.807) is 23.5 Å². The second-order valence-electron chi connectivity index (χ2n) is 5.07. The summed E-state index contributed by atoms with van der Waals surface area (Å²) in [6, 6.07) is -0.803. The molecule has 1 spiro atoms. The van der Waals surface area contributed by atoms with E-state index in [0.717, 1.165) is 11.5 Å². The summed E-state index contributed by atoms with van der Waals surface area (Å²) in [6.07, 6.45) is 0.675. The molecule has 2 unspecified atom stereocenters. The highest BCUT2D eigenvalue weighted by atomic mass is 32.2. The molecule has 0 aromatic rings. The lowest BCUT2D eigenvalue weighted by molar-refractivity contribution is -0.147. The highest BCUT2D eigenvalue weighted by molar-refractivity contribution is 8.21. The Morgan fingerprint density at radius 3 is 2.47 bits per heavy atom. The van der Waals surface area contributed by atoms with Crippen molar-refractivity contribution in [3.63, 3.8) is 0 Å². The van der Waals surface area contributed by atoms with Gasteiger partial charge in [-0.25, -0.2) is 5.53 Å². The summed E-state index contributed by atoms with van der Waals surface area (Å²) < 4.78 is -0.293. The SMILES string of the molecule is C[C@H](N)C(=O)C1(N=N)CC2(CC1C(=O)O)SCCS2. The van der Waals surface area contributed by atoms with Crippen LogP contribution in [0.5, 0.6) is 0 Å². The topological polar surface area (TPSA) is 117 Å². The predicted octanol–water partition coefficient (Wildman–Crippen LogP) is 1.34. The van der Waals surface area contributed by atoms with Crippen LogP contribution in [0.3, 0.4) is 0 Å². The van der Waals surface area contributed by atoms with Gasteiger partial charge in [-0.05, 0) is 13.3 Å². The van der Waals surface area contributed by atoms with Gasteiger partial charge < -0.3 is 10.8 Å². The lowest BCUT2D eigenvalue weighted by atomic mass is 9.81. The summed E-state index contributed by atoms with van der Waals surface area (Å²) >= 11 is 3.37. The second kappa shape index (κ2) is 5.06. The molecule has 1 saturated heterocycles. The van der Waals surface area contributed by atoms with E-state index in [0.29, 0.717) is 12.8 Å². The molecule has 1 heterocycles. The number of rotatable bonds is 4. The molecule has 1 saturated carbocycles. The van der Waals surface area contributed by atoms with Gasteiger partial charge >= 0.3 is 5.97 Å². The molecule has 1 aliphatic carbocycles. The number of thioether (sulfide) groups is 2. The Kier molecular flexibility index (Phi) is 3.95. The van der Waals surface area contributed by atoms with Crippen molar-refractivity contribution < 1.29 is 14.7 Å². The van der Waals surface area contributed by atoms with Gasteiger partial charge in [0.25, 0.3) is 0 Å². The molecule has 0 aromatic carbocycles. The number of carbonyl (C=O) groups excluding carboxylic acids is 1. The maximum Gasteiger partial charge on any atom is 0.309 e. The maximum absolute atomic E-state index is 12.3. The van der Waals surface area contributed by atoms with Crippen LogP contribution in [-0.4, -0.2) is 44.0 Å². The Labute approximate surface area is 119 Å². The Bertz CT molecular complexity index is 423. The molecule has 2 fully saturated rings. The van der Waals surface area contributed by atoms with Gasteiger partial charge in [-0.15, -0.1) is 23.5 Å². The van der Waals surface area contributed by atoms with Gasteiger partial charge in [-0.2, -0.15) is 5.11 Å².